The second-order valence-corrected chi connectivity index (χ2v) is 5.54. The van der Waals surface area contributed by atoms with Crippen molar-refractivity contribution in [1.29, 1.82) is 0 Å². The van der Waals surface area contributed by atoms with Crippen LogP contribution in [0.15, 0.2) is 0 Å². The van der Waals surface area contributed by atoms with Crippen LogP contribution in [0.2, 0.25) is 9.10 Å². The normalized spacial score (nSPS) is 9.40. The summed E-state index contributed by atoms with van der Waals surface area (Å²) in [6.45, 7) is 4.61. The van der Waals surface area contributed by atoms with Crippen LogP contribution >= 0.6 is 0 Å². The molecule has 0 atom stereocenters. The Kier molecular flexibility index (Phi) is 10.5. The van der Waals surface area contributed by atoms with Gasteiger partial charge in [-0.05, 0) is 0 Å². The van der Waals surface area contributed by atoms with Gasteiger partial charge in [-0.25, -0.2) is 0 Å². The van der Waals surface area contributed by atoms with Crippen molar-refractivity contribution in [3.8, 4) is 0 Å². The van der Waals surface area contributed by atoms with Gasteiger partial charge in [0, 0.05) is 0 Å². The summed E-state index contributed by atoms with van der Waals surface area (Å²) in [5, 5.41) is 0. The van der Waals surface area contributed by atoms with E-state index in [9.17, 15) is 0 Å². The second kappa shape index (κ2) is 9.77. The van der Waals surface area contributed by atoms with Crippen LogP contribution in [0.3, 0.4) is 0 Å². The van der Waals surface area contributed by atoms with Crippen molar-refractivity contribution in [3.63, 3.8) is 0 Å². The van der Waals surface area contributed by atoms with E-state index in [0.717, 1.165) is 0 Å². The predicted molar refractivity (Wildman–Crippen MR) is 49.8 cm³/mol. The van der Waals surface area contributed by atoms with Gasteiger partial charge in [-0.1, -0.05) is 46.0 Å². The number of rotatable bonds is 7. The lowest BCUT2D eigenvalue weighted by Crippen LogP contribution is -1.85. The maximum atomic E-state index is 2.33. The van der Waals surface area contributed by atoms with Crippen molar-refractivity contribution >= 4 is 20.4 Å². The molecule has 0 aromatic rings. The molecule has 0 aromatic heterocycles. The minimum Gasteiger partial charge on any atom is -0.149 e. The minimum absolute atomic E-state index is 0.387. The van der Waals surface area contributed by atoms with Crippen LogP contribution in [-0.2, 0) is 0 Å². The molecular weight excluding hydrogens is 132 g/mol. The number of hydrogen-bond acceptors (Lipinski definition) is 0. The van der Waals surface area contributed by atoms with Crippen LogP contribution < -0.4 is 0 Å². The molecule has 0 spiro atoms. The van der Waals surface area contributed by atoms with Gasteiger partial charge < -0.3 is 0 Å². The molecule has 0 aliphatic carbocycles. The Morgan fingerprint density at radius 3 is 2.20 bits per heavy atom. The standard InChI is InChI=1S/C7H15.C2H5.Mg/c1-3-5-7-6-4-2;1-2;/h1,3-7H2,2H3;1H2,2H3;. The van der Waals surface area contributed by atoms with Crippen LogP contribution in [0, 0.1) is 0 Å². The third kappa shape index (κ3) is 8.77. The zero-order valence-corrected chi connectivity index (χ0v) is 9.07. The Morgan fingerprint density at radius 2 is 1.60 bits per heavy atom. The monoisotopic (exact) mass is 152 g/mol. The predicted octanol–water partition coefficient (Wildman–Crippen LogP) is 3.52. The lowest BCUT2D eigenvalue weighted by Gasteiger charge is -1.96. The second-order valence-electron chi connectivity index (χ2n) is 3.12. The number of unbranched alkanes of at least 4 members (excludes halogenated alkanes) is 4. The molecule has 0 amide bonds. The van der Waals surface area contributed by atoms with Gasteiger partial charge in [0.05, 0.1) is 0 Å². The molecule has 0 aromatic carbocycles. The van der Waals surface area contributed by atoms with Crippen LogP contribution in [-0.4, -0.2) is 20.4 Å². The molecule has 0 saturated heterocycles. The Bertz CT molecular complexity index is 44.7. The van der Waals surface area contributed by atoms with Crippen LogP contribution in [0.1, 0.15) is 46.0 Å². The molecule has 0 radical (unpaired) electrons. The van der Waals surface area contributed by atoms with E-state index in [1.165, 1.54) is 36.7 Å². The number of hydrogen-bond donors (Lipinski definition) is 0. The molecule has 0 nitrogen and oxygen atoms in total. The van der Waals surface area contributed by atoms with E-state index >= 15 is 0 Å². The molecule has 0 unspecified atom stereocenters. The van der Waals surface area contributed by atoms with Crippen molar-refractivity contribution in [3.05, 3.63) is 0 Å². The third-order valence-electron chi connectivity index (χ3n) is 1.96. The molecule has 0 heterocycles. The summed E-state index contributed by atoms with van der Waals surface area (Å²) in [6, 6.07) is 0. The molecule has 0 fully saturated rings. The average Bonchev–Trinajstić information content (AvgIpc) is 1.97. The summed E-state index contributed by atoms with van der Waals surface area (Å²) in [5.74, 6) is 0. The Labute approximate surface area is 75.5 Å². The highest BCUT2D eigenvalue weighted by Crippen LogP contribution is 2.04. The maximum absolute atomic E-state index is 2.33. The summed E-state index contributed by atoms with van der Waals surface area (Å²) in [6.07, 6.45) is 7.34. The molecule has 0 saturated carbocycles. The highest BCUT2D eigenvalue weighted by molar-refractivity contribution is 6.35. The van der Waals surface area contributed by atoms with Crippen molar-refractivity contribution in [1.82, 2.24) is 0 Å². The van der Waals surface area contributed by atoms with Gasteiger partial charge >= 0.3 is 20.4 Å². The van der Waals surface area contributed by atoms with E-state index in [1.807, 2.05) is 0 Å². The van der Waals surface area contributed by atoms with E-state index in [1.54, 1.807) is 4.55 Å². The topological polar surface area (TPSA) is 0 Å². The third-order valence-corrected chi connectivity index (χ3v) is 3.66. The van der Waals surface area contributed by atoms with E-state index in [0.29, 0.717) is 20.4 Å². The van der Waals surface area contributed by atoms with Crippen molar-refractivity contribution < 1.29 is 0 Å². The largest absolute Gasteiger partial charge is 0.363 e. The van der Waals surface area contributed by atoms with Gasteiger partial charge in [0.25, 0.3) is 0 Å². The van der Waals surface area contributed by atoms with Crippen molar-refractivity contribution in [2.24, 2.45) is 0 Å². The van der Waals surface area contributed by atoms with Gasteiger partial charge in [-0.3, -0.25) is 0 Å². The fourth-order valence-electron chi connectivity index (χ4n) is 1.21. The van der Waals surface area contributed by atoms with Gasteiger partial charge in [0.2, 0.25) is 0 Å². The first-order valence-electron chi connectivity index (χ1n) is 4.91. The zero-order chi connectivity index (χ0) is 7.66. The van der Waals surface area contributed by atoms with Crippen LogP contribution in [0.4, 0.5) is 0 Å². The first-order valence-corrected chi connectivity index (χ1v) is 6.91. The maximum Gasteiger partial charge on any atom is 0.363 e. The summed E-state index contributed by atoms with van der Waals surface area (Å²) in [5.41, 5.74) is 0. The van der Waals surface area contributed by atoms with Crippen LogP contribution in [0.5, 0.6) is 0 Å². The fraction of sp³-hybridized carbons (Fsp3) is 1.00. The SMILES string of the molecule is CCCCCC[CH2][Mg][CH2]C. The van der Waals surface area contributed by atoms with Crippen molar-refractivity contribution in [2.75, 3.05) is 0 Å². The smallest absolute Gasteiger partial charge is 0.149 e. The molecule has 0 rings (SSSR count). The van der Waals surface area contributed by atoms with Gasteiger partial charge in [0.15, 0.2) is 0 Å². The molecule has 0 N–H and O–H groups in total. The first kappa shape index (κ1) is 10.8. The Balaban J connectivity index is 2.65. The quantitative estimate of drug-likeness (QED) is 0.387. The summed E-state index contributed by atoms with van der Waals surface area (Å²) in [4.78, 5) is 0. The van der Waals surface area contributed by atoms with E-state index in [4.69, 9.17) is 0 Å². The lowest BCUT2D eigenvalue weighted by molar-refractivity contribution is 0.655. The minimum atomic E-state index is 0.387. The molecule has 0 aliphatic heterocycles. The van der Waals surface area contributed by atoms with E-state index < -0.39 is 0 Å². The zero-order valence-electron chi connectivity index (χ0n) is 7.66. The first-order chi connectivity index (χ1) is 4.91. The highest BCUT2D eigenvalue weighted by Gasteiger charge is 1.91. The summed E-state index contributed by atoms with van der Waals surface area (Å²) >= 11 is 0.387. The van der Waals surface area contributed by atoms with Gasteiger partial charge in [-0.15, -0.1) is 9.10 Å². The fourth-order valence-corrected chi connectivity index (χ4v) is 2.41. The molecular formula is C9H20Mg. The molecule has 0 bridgehead atoms. The molecule has 1 heteroatoms. The summed E-state index contributed by atoms with van der Waals surface area (Å²) in [7, 11) is 0. The molecule has 0 aliphatic rings. The Hall–Kier alpha value is 0.766. The Morgan fingerprint density at radius 1 is 0.900 bits per heavy atom. The highest BCUT2D eigenvalue weighted by atomic mass is 24.5. The average molecular weight is 153 g/mol. The lowest BCUT2D eigenvalue weighted by atomic mass is 10.2. The molecule has 10 heavy (non-hydrogen) atoms. The van der Waals surface area contributed by atoms with Crippen LogP contribution in [0.25, 0.3) is 0 Å². The summed E-state index contributed by atoms with van der Waals surface area (Å²) < 4.78 is 3.11. The van der Waals surface area contributed by atoms with E-state index in [-0.39, 0.29) is 0 Å². The van der Waals surface area contributed by atoms with E-state index in [2.05, 4.69) is 13.8 Å². The van der Waals surface area contributed by atoms with Gasteiger partial charge in [0.1, 0.15) is 0 Å². The van der Waals surface area contributed by atoms with Gasteiger partial charge in [-0.2, -0.15) is 0 Å². The van der Waals surface area contributed by atoms with Crippen molar-refractivity contribution in [2.45, 2.75) is 55.1 Å². The molecule has 58 valence electrons.